The summed E-state index contributed by atoms with van der Waals surface area (Å²) < 4.78 is 13.6. The van der Waals surface area contributed by atoms with Crippen LogP contribution in [0.3, 0.4) is 0 Å². The Morgan fingerprint density at radius 2 is 1.69 bits per heavy atom. The van der Waals surface area contributed by atoms with Gasteiger partial charge in [0.1, 0.15) is 5.75 Å². The fraction of sp³-hybridized carbons (Fsp3) is 0.423. The standard InChI is InChI=1S/C26H35N3O3/c1-5-24-23(18-28(16-17-31-4)19-25(30)20(2)3)26(32-22-14-10-7-11-15-22)29(27-24)21-12-8-6-9-13-21/h6-15,20,25,30H,5,16-19H2,1-4H3. The minimum absolute atomic E-state index is 0.178. The van der Waals surface area contributed by atoms with Crippen molar-refractivity contribution in [2.24, 2.45) is 5.92 Å². The van der Waals surface area contributed by atoms with Crippen LogP contribution in [0.1, 0.15) is 32.0 Å². The SMILES string of the molecule is CCc1nn(-c2ccccc2)c(Oc2ccccc2)c1CN(CCOC)CC(O)C(C)C. The van der Waals surface area contributed by atoms with E-state index < -0.39 is 6.10 Å². The Hall–Kier alpha value is -2.67. The van der Waals surface area contributed by atoms with E-state index in [-0.39, 0.29) is 5.92 Å². The van der Waals surface area contributed by atoms with Gasteiger partial charge < -0.3 is 14.6 Å². The molecule has 0 saturated heterocycles. The zero-order valence-corrected chi connectivity index (χ0v) is 19.6. The summed E-state index contributed by atoms with van der Waals surface area (Å²) in [6.45, 7) is 8.66. The second-order valence-electron chi connectivity index (χ2n) is 8.29. The number of methoxy groups -OCH3 is 1. The number of rotatable bonds is 12. The number of hydrogen-bond donors (Lipinski definition) is 1. The van der Waals surface area contributed by atoms with E-state index in [1.54, 1.807) is 7.11 Å². The van der Waals surface area contributed by atoms with Crippen LogP contribution in [0, 0.1) is 5.92 Å². The summed E-state index contributed by atoms with van der Waals surface area (Å²) in [6, 6.07) is 19.8. The summed E-state index contributed by atoms with van der Waals surface area (Å²) >= 11 is 0. The molecule has 2 aromatic carbocycles. The third-order valence-electron chi connectivity index (χ3n) is 5.52. The minimum Gasteiger partial charge on any atom is -0.439 e. The minimum atomic E-state index is -0.417. The Balaban J connectivity index is 2.02. The van der Waals surface area contributed by atoms with Gasteiger partial charge in [0.25, 0.3) is 0 Å². The highest BCUT2D eigenvalue weighted by atomic mass is 16.5. The topological polar surface area (TPSA) is 59.8 Å². The fourth-order valence-corrected chi connectivity index (χ4v) is 3.52. The van der Waals surface area contributed by atoms with Crippen molar-refractivity contribution in [2.75, 3.05) is 26.8 Å². The van der Waals surface area contributed by atoms with Crippen molar-refractivity contribution >= 4 is 0 Å². The Labute approximate surface area is 191 Å². The van der Waals surface area contributed by atoms with Gasteiger partial charge in [0.15, 0.2) is 0 Å². The van der Waals surface area contributed by atoms with E-state index >= 15 is 0 Å². The second kappa shape index (κ2) is 11.8. The lowest BCUT2D eigenvalue weighted by Gasteiger charge is -2.27. The van der Waals surface area contributed by atoms with Crippen LogP contribution in [0.25, 0.3) is 5.69 Å². The zero-order valence-electron chi connectivity index (χ0n) is 19.6. The molecule has 1 atom stereocenters. The molecule has 1 heterocycles. The molecule has 0 bridgehead atoms. The van der Waals surface area contributed by atoms with Crippen molar-refractivity contribution in [3.8, 4) is 17.3 Å². The van der Waals surface area contributed by atoms with Crippen molar-refractivity contribution in [1.29, 1.82) is 0 Å². The molecule has 0 aliphatic heterocycles. The molecule has 1 N–H and O–H groups in total. The van der Waals surface area contributed by atoms with Crippen LogP contribution in [0.2, 0.25) is 0 Å². The third kappa shape index (κ3) is 6.19. The molecule has 6 heteroatoms. The molecule has 0 saturated carbocycles. The first-order valence-electron chi connectivity index (χ1n) is 11.3. The number of aliphatic hydroxyl groups excluding tert-OH is 1. The molecule has 3 aromatic rings. The maximum atomic E-state index is 10.6. The molecule has 0 radical (unpaired) electrons. The van der Waals surface area contributed by atoms with Crippen LogP contribution in [0.4, 0.5) is 0 Å². The number of ether oxygens (including phenoxy) is 2. The van der Waals surface area contributed by atoms with Crippen LogP contribution in [0.5, 0.6) is 11.6 Å². The molecular weight excluding hydrogens is 402 g/mol. The Bertz CT molecular complexity index is 942. The first-order valence-corrected chi connectivity index (χ1v) is 11.3. The van der Waals surface area contributed by atoms with Crippen molar-refractivity contribution in [3.05, 3.63) is 71.9 Å². The molecule has 0 spiro atoms. The highest BCUT2D eigenvalue weighted by Crippen LogP contribution is 2.32. The van der Waals surface area contributed by atoms with Crippen LogP contribution in [-0.2, 0) is 17.7 Å². The van der Waals surface area contributed by atoms with Crippen molar-refractivity contribution in [3.63, 3.8) is 0 Å². The molecule has 3 rings (SSSR count). The highest BCUT2D eigenvalue weighted by molar-refractivity contribution is 5.43. The number of benzene rings is 2. The van der Waals surface area contributed by atoms with E-state index in [2.05, 4.69) is 11.8 Å². The van der Waals surface area contributed by atoms with Gasteiger partial charge in [-0.15, -0.1) is 0 Å². The Morgan fingerprint density at radius 3 is 2.28 bits per heavy atom. The molecule has 0 aliphatic carbocycles. The lowest BCUT2D eigenvalue weighted by atomic mass is 10.1. The summed E-state index contributed by atoms with van der Waals surface area (Å²) in [5.74, 6) is 1.65. The van der Waals surface area contributed by atoms with Crippen LogP contribution in [0.15, 0.2) is 60.7 Å². The van der Waals surface area contributed by atoms with Crippen molar-refractivity contribution in [1.82, 2.24) is 14.7 Å². The number of aliphatic hydroxyl groups is 1. The lowest BCUT2D eigenvalue weighted by molar-refractivity contribution is 0.0588. The average Bonchev–Trinajstić information content (AvgIpc) is 3.15. The van der Waals surface area contributed by atoms with Gasteiger partial charge in [-0.2, -0.15) is 5.10 Å². The summed E-state index contributed by atoms with van der Waals surface area (Å²) in [5, 5.41) is 15.5. The molecule has 0 aliphatic rings. The maximum absolute atomic E-state index is 10.6. The van der Waals surface area contributed by atoms with Gasteiger partial charge in [0.05, 0.1) is 29.7 Å². The summed E-state index contributed by atoms with van der Waals surface area (Å²) in [6.07, 6.45) is 0.366. The van der Waals surface area contributed by atoms with Crippen LogP contribution >= 0.6 is 0 Å². The van der Waals surface area contributed by atoms with E-state index in [1.807, 2.05) is 79.2 Å². The Morgan fingerprint density at radius 1 is 1.03 bits per heavy atom. The average molecular weight is 438 g/mol. The van der Waals surface area contributed by atoms with Gasteiger partial charge >= 0.3 is 0 Å². The smallest absolute Gasteiger partial charge is 0.227 e. The third-order valence-corrected chi connectivity index (χ3v) is 5.52. The molecular formula is C26H35N3O3. The van der Waals surface area contributed by atoms with Gasteiger partial charge in [-0.1, -0.05) is 57.2 Å². The quantitative estimate of drug-likeness (QED) is 0.445. The molecule has 0 fully saturated rings. The molecule has 0 amide bonds. The van der Waals surface area contributed by atoms with E-state index in [4.69, 9.17) is 14.6 Å². The van der Waals surface area contributed by atoms with Crippen molar-refractivity contribution in [2.45, 2.75) is 39.8 Å². The number of hydrogen-bond acceptors (Lipinski definition) is 5. The van der Waals surface area contributed by atoms with E-state index in [0.717, 1.165) is 29.1 Å². The first-order chi connectivity index (χ1) is 15.5. The normalized spacial score (nSPS) is 12.5. The van der Waals surface area contributed by atoms with Gasteiger partial charge in [0.2, 0.25) is 5.88 Å². The number of para-hydroxylation sites is 2. The van der Waals surface area contributed by atoms with Crippen LogP contribution < -0.4 is 4.74 Å². The predicted molar refractivity (Wildman–Crippen MR) is 127 cm³/mol. The largest absolute Gasteiger partial charge is 0.439 e. The summed E-state index contributed by atoms with van der Waals surface area (Å²) in [7, 11) is 1.70. The summed E-state index contributed by atoms with van der Waals surface area (Å²) in [4.78, 5) is 2.22. The molecule has 32 heavy (non-hydrogen) atoms. The molecule has 6 nitrogen and oxygen atoms in total. The van der Waals surface area contributed by atoms with Gasteiger partial charge in [0, 0.05) is 26.7 Å². The van der Waals surface area contributed by atoms with Crippen LogP contribution in [-0.4, -0.2) is 52.7 Å². The lowest BCUT2D eigenvalue weighted by Crippen LogP contribution is -2.37. The molecule has 1 aromatic heterocycles. The number of nitrogens with zero attached hydrogens (tertiary/aromatic N) is 3. The van der Waals surface area contributed by atoms with Gasteiger partial charge in [-0.25, -0.2) is 4.68 Å². The Kier molecular flexibility index (Phi) is 8.85. The maximum Gasteiger partial charge on any atom is 0.227 e. The van der Waals surface area contributed by atoms with Crippen molar-refractivity contribution < 1.29 is 14.6 Å². The summed E-state index contributed by atoms with van der Waals surface area (Å²) in [5.41, 5.74) is 2.97. The predicted octanol–water partition coefficient (Wildman–Crippen LogP) is 4.69. The van der Waals surface area contributed by atoms with Gasteiger partial charge in [-0.3, -0.25) is 4.90 Å². The number of aryl methyl sites for hydroxylation is 1. The first kappa shape index (κ1) is 24.0. The van der Waals surface area contributed by atoms with E-state index in [0.29, 0.717) is 32.1 Å². The van der Waals surface area contributed by atoms with E-state index in [9.17, 15) is 5.11 Å². The van der Waals surface area contributed by atoms with E-state index in [1.165, 1.54) is 0 Å². The monoisotopic (exact) mass is 437 g/mol. The van der Waals surface area contributed by atoms with Gasteiger partial charge in [-0.05, 0) is 36.6 Å². The number of aromatic nitrogens is 2. The highest BCUT2D eigenvalue weighted by Gasteiger charge is 2.24. The fourth-order valence-electron chi connectivity index (χ4n) is 3.52. The molecule has 172 valence electrons. The second-order valence-corrected chi connectivity index (χ2v) is 8.29. The zero-order chi connectivity index (χ0) is 22.9. The molecule has 1 unspecified atom stereocenters.